The molecule has 36 heavy (non-hydrogen) atoms. The first kappa shape index (κ1) is 25.9. The molecule has 1 aliphatic heterocycles. The molecule has 3 aromatic rings. The van der Waals surface area contributed by atoms with Crippen LogP contribution in [-0.4, -0.2) is 62.8 Å². The molecule has 1 aromatic carbocycles. The Hall–Kier alpha value is -3.16. The quantitative estimate of drug-likeness (QED) is 0.530. The van der Waals surface area contributed by atoms with E-state index < -0.39 is 12.7 Å². The van der Waals surface area contributed by atoms with Crippen LogP contribution in [0.15, 0.2) is 35.1 Å². The lowest BCUT2D eigenvalue weighted by Crippen LogP contribution is -2.48. The summed E-state index contributed by atoms with van der Waals surface area (Å²) in [5.41, 5.74) is 3.77. The van der Waals surface area contributed by atoms with Gasteiger partial charge in [0.15, 0.2) is 5.65 Å². The fourth-order valence-electron chi connectivity index (χ4n) is 4.67. The van der Waals surface area contributed by atoms with E-state index in [4.69, 9.17) is 4.98 Å². The molecule has 7 nitrogen and oxygen atoms in total. The largest absolute Gasteiger partial charge is 0.401 e. The number of imidazole rings is 1. The molecular formula is C26H31F3N6O. The standard InChI is InChI=1S/C26H31F3N6O/c1-25(2,3)16-35-22-8-7-21(31-23(22)32(4)24(35)36)20-13-18(5-6-19(20)14-30)15-33-9-11-34(12-10-33)17-26(27,28)29/h5-8,13H,9-12,15-17H2,1-4H3. The van der Waals surface area contributed by atoms with E-state index >= 15 is 0 Å². The van der Waals surface area contributed by atoms with Crippen molar-refractivity contribution in [3.63, 3.8) is 0 Å². The molecule has 192 valence electrons. The summed E-state index contributed by atoms with van der Waals surface area (Å²) in [4.78, 5) is 21.2. The van der Waals surface area contributed by atoms with Crippen molar-refractivity contribution in [3.8, 4) is 17.3 Å². The Balaban J connectivity index is 1.60. The number of aryl methyl sites for hydroxylation is 1. The minimum Gasteiger partial charge on any atom is -0.297 e. The number of hydrogen-bond acceptors (Lipinski definition) is 5. The molecule has 2 aromatic heterocycles. The lowest BCUT2D eigenvalue weighted by Gasteiger charge is -2.35. The summed E-state index contributed by atoms with van der Waals surface area (Å²) in [7, 11) is 1.70. The van der Waals surface area contributed by atoms with E-state index in [1.54, 1.807) is 17.7 Å². The number of rotatable bonds is 5. The third-order valence-corrected chi connectivity index (χ3v) is 6.37. The zero-order valence-electron chi connectivity index (χ0n) is 21.1. The first-order chi connectivity index (χ1) is 16.8. The second-order valence-corrected chi connectivity index (χ2v) is 10.7. The maximum absolute atomic E-state index is 12.9. The van der Waals surface area contributed by atoms with Gasteiger partial charge in [-0.1, -0.05) is 26.8 Å². The van der Waals surface area contributed by atoms with E-state index in [9.17, 15) is 23.2 Å². The van der Waals surface area contributed by atoms with Crippen LogP contribution in [0.2, 0.25) is 0 Å². The van der Waals surface area contributed by atoms with Gasteiger partial charge in [-0.25, -0.2) is 9.78 Å². The molecular weight excluding hydrogens is 469 g/mol. The second-order valence-electron chi connectivity index (χ2n) is 10.7. The molecule has 0 amide bonds. The summed E-state index contributed by atoms with van der Waals surface area (Å²) in [5, 5.41) is 9.71. The number of nitrogens with zero attached hydrogens (tertiary/aromatic N) is 6. The summed E-state index contributed by atoms with van der Waals surface area (Å²) in [6, 6.07) is 11.5. The highest BCUT2D eigenvalue weighted by Gasteiger charge is 2.32. The van der Waals surface area contributed by atoms with Gasteiger partial charge in [0.25, 0.3) is 0 Å². The third kappa shape index (κ3) is 5.79. The summed E-state index contributed by atoms with van der Waals surface area (Å²) in [6.45, 7) is 8.26. The van der Waals surface area contributed by atoms with E-state index in [1.165, 1.54) is 9.47 Å². The van der Waals surface area contributed by atoms with Crippen LogP contribution in [-0.2, 0) is 20.1 Å². The highest BCUT2D eigenvalue weighted by molar-refractivity contribution is 5.78. The van der Waals surface area contributed by atoms with Gasteiger partial charge in [0.1, 0.15) is 0 Å². The number of fused-ring (bicyclic) bond motifs is 1. The molecule has 0 radical (unpaired) electrons. The van der Waals surface area contributed by atoms with Crippen LogP contribution in [0.25, 0.3) is 22.4 Å². The normalized spacial score (nSPS) is 15.9. The van der Waals surface area contributed by atoms with Crippen molar-refractivity contribution in [2.75, 3.05) is 32.7 Å². The van der Waals surface area contributed by atoms with Crippen molar-refractivity contribution in [3.05, 3.63) is 51.9 Å². The Morgan fingerprint density at radius 2 is 1.67 bits per heavy atom. The smallest absolute Gasteiger partial charge is 0.297 e. The lowest BCUT2D eigenvalue weighted by atomic mass is 9.97. The second kappa shape index (κ2) is 9.71. The molecule has 1 saturated heterocycles. The molecule has 0 unspecified atom stereocenters. The Kier molecular flexibility index (Phi) is 6.99. The molecule has 4 rings (SSSR count). The molecule has 0 bridgehead atoms. The van der Waals surface area contributed by atoms with Gasteiger partial charge in [-0.15, -0.1) is 0 Å². The molecule has 3 heterocycles. The Labute approximate surface area is 208 Å². The van der Waals surface area contributed by atoms with Gasteiger partial charge in [-0.3, -0.25) is 18.9 Å². The molecule has 0 spiro atoms. The van der Waals surface area contributed by atoms with Crippen molar-refractivity contribution in [2.24, 2.45) is 12.5 Å². The molecule has 0 saturated carbocycles. The number of piperazine rings is 1. The molecule has 1 fully saturated rings. The molecule has 0 atom stereocenters. The maximum Gasteiger partial charge on any atom is 0.401 e. The molecule has 10 heteroatoms. The number of aromatic nitrogens is 3. The first-order valence-corrected chi connectivity index (χ1v) is 12.0. The number of alkyl halides is 3. The van der Waals surface area contributed by atoms with Gasteiger partial charge < -0.3 is 0 Å². The van der Waals surface area contributed by atoms with Crippen LogP contribution in [0.1, 0.15) is 31.9 Å². The van der Waals surface area contributed by atoms with Gasteiger partial charge >= 0.3 is 11.9 Å². The van der Waals surface area contributed by atoms with Gasteiger partial charge in [-0.2, -0.15) is 18.4 Å². The predicted octanol–water partition coefficient (Wildman–Crippen LogP) is 4.00. The summed E-state index contributed by atoms with van der Waals surface area (Å²) >= 11 is 0. The van der Waals surface area contributed by atoms with Gasteiger partial charge in [0.05, 0.1) is 29.4 Å². The SMILES string of the molecule is Cn1c(=O)n(CC(C)(C)C)c2ccc(-c3cc(CN4CCN(CC(F)(F)F)CC4)ccc3C#N)nc21. The van der Waals surface area contributed by atoms with Crippen molar-refractivity contribution in [1.29, 1.82) is 5.26 Å². The predicted molar refractivity (Wildman–Crippen MR) is 132 cm³/mol. The minimum atomic E-state index is -4.19. The summed E-state index contributed by atoms with van der Waals surface area (Å²) in [5.74, 6) is 0. The lowest BCUT2D eigenvalue weighted by molar-refractivity contribution is -0.149. The van der Waals surface area contributed by atoms with Crippen LogP contribution in [0, 0.1) is 16.7 Å². The number of halogens is 3. The topological polar surface area (TPSA) is 70.1 Å². The van der Waals surface area contributed by atoms with Crippen molar-refractivity contribution in [1.82, 2.24) is 23.9 Å². The minimum absolute atomic E-state index is 0.0860. The van der Waals surface area contributed by atoms with Crippen molar-refractivity contribution < 1.29 is 13.2 Å². The van der Waals surface area contributed by atoms with Crippen LogP contribution in [0.4, 0.5) is 13.2 Å². The van der Waals surface area contributed by atoms with E-state index in [0.29, 0.717) is 61.7 Å². The highest BCUT2D eigenvalue weighted by Crippen LogP contribution is 2.27. The van der Waals surface area contributed by atoms with Gasteiger partial charge in [0, 0.05) is 51.9 Å². The monoisotopic (exact) mass is 500 g/mol. The molecule has 1 aliphatic rings. The van der Waals surface area contributed by atoms with E-state index in [0.717, 1.165) is 11.1 Å². The maximum atomic E-state index is 12.9. The summed E-state index contributed by atoms with van der Waals surface area (Å²) in [6.07, 6.45) is -4.19. The zero-order chi connectivity index (χ0) is 26.3. The Morgan fingerprint density at radius 1 is 1.00 bits per heavy atom. The van der Waals surface area contributed by atoms with Crippen molar-refractivity contribution >= 4 is 11.2 Å². The van der Waals surface area contributed by atoms with E-state index in [-0.39, 0.29) is 11.1 Å². The number of benzene rings is 1. The number of nitriles is 1. The average Bonchev–Trinajstić information content (AvgIpc) is 3.02. The Bertz CT molecular complexity index is 1350. The first-order valence-electron chi connectivity index (χ1n) is 12.0. The summed E-state index contributed by atoms with van der Waals surface area (Å²) < 4.78 is 41.3. The van der Waals surface area contributed by atoms with Gasteiger partial charge in [-0.05, 0) is 35.2 Å². The number of hydrogen-bond donors (Lipinski definition) is 0. The van der Waals surface area contributed by atoms with Crippen LogP contribution in [0.3, 0.4) is 0 Å². The number of pyridine rings is 1. The molecule has 0 N–H and O–H groups in total. The average molecular weight is 501 g/mol. The fraction of sp³-hybridized carbons (Fsp3) is 0.500. The highest BCUT2D eigenvalue weighted by atomic mass is 19.4. The molecule has 0 aliphatic carbocycles. The third-order valence-electron chi connectivity index (χ3n) is 6.37. The zero-order valence-corrected chi connectivity index (χ0v) is 21.1. The Morgan fingerprint density at radius 3 is 2.28 bits per heavy atom. The fourth-order valence-corrected chi connectivity index (χ4v) is 4.67. The van der Waals surface area contributed by atoms with Crippen molar-refractivity contribution in [2.45, 2.75) is 40.0 Å². The van der Waals surface area contributed by atoms with Crippen LogP contribution >= 0.6 is 0 Å². The van der Waals surface area contributed by atoms with Crippen LogP contribution < -0.4 is 5.69 Å². The van der Waals surface area contributed by atoms with Gasteiger partial charge in [0.2, 0.25) is 0 Å². The van der Waals surface area contributed by atoms with E-state index in [2.05, 4.69) is 31.7 Å². The van der Waals surface area contributed by atoms with Crippen LogP contribution in [0.5, 0.6) is 0 Å². The van der Waals surface area contributed by atoms with E-state index in [1.807, 2.05) is 24.3 Å².